The molecule has 0 amide bonds. The maximum Gasteiger partial charge on any atom is 0.258 e. The number of rotatable bonds is 6. The van der Waals surface area contributed by atoms with Crippen LogP contribution in [0, 0.1) is 0 Å². The summed E-state index contributed by atoms with van der Waals surface area (Å²) in [5, 5.41) is 10.4. The standard InChI is InChI=1S/C20H16ClN5OS/c1-2-10-26-18(13-6-4-3-5-7-13)24-25-20(26)28-12-17-22-16-11-14(21)8-9-15(16)19(27)23-17/h2-9,11H,1,10,12H2,(H,22,23,27). The van der Waals surface area contributed by atoms with E-state index in [1.54, 1.807) is 24.3 Å². The molecule has 4 aromatic rings. The van der Waals surface area contributed by atoms with E-state index in [0.29, 0.717) is 34.0 Å². The zero-order chi connectivity index (χ0) is 19.5. The predicted octanol–water partition coefficient (Wildman–Crippen LogP) is 4.31. The number of benzene rings is 2. The van der Waals surface area contributed by atoms with Crippen molar-refractivity contribution < 1.29 is 0 Å². The Morgan fingerprint density at radius 2 is 2.00 bits per heavy atom. The highest BCUT2D eigenvalue weighted by Crippen LogP contribution is 2.26. The quantitative estimate of drug-likeness (QED) is 0.379. The van der Waals surface area contributed by atoms with Crippen molar-refractivity contribution in [2.24, 2.45) is 0 Å². The summed E-state index contributed by atoms with van der Waals surface area (Å²) in [5.41, 5.74) is 1.37. The smallest absolute Gasteiger partial charge is 0.258 e. The second-order valence-electron chi connectivity index (χ2n) is 6.03. The van der Waals surface area contributed by atoms with Crippen LogP contribution in [-0.2, 0) is 12.3 Å². The van der Waals surface area contributed by atoms with Gasteiger partial charge in [-0.25, -0.2) is 4.98 Å². The SMILES string of the molecule is C=CCn1c(SCc2nc3cc(Cl)ccc3c(=O)[nH]2)nnc1-c1ccccc1. The number of hydrogen-bond donors (Lipinski definition) is 1. The molecule has 0 unspecified atom stereocenters. The molecule has 0 aliphatic carbocycles. The van der Waals surface area contributed by atoms with Gasteiger partial charge >= 0.3 is 0 Å². The lowest BCUT2D eigenvalue weighted by molar-refractivity contribution is 0.730. The van der Waals surface area contributed by atoms with E-state index in [1.807, 2.05) is 34.9 Å². The highest BCUT2D eigenvalue weighted by atomic mass is 35.5. The average Bonchev–Trinajstić information content (AvgIpc) is 3.09. The van der Waals surface area contributed by atoms with Gasteiger partial charge in [0.15, 0.2) is 11.0 Å². The maximum atomic E-state index is 12.3. The van der Waals surface area contributed by atoms with Crippen molar-refractivity contribution in [3.05, 3.63) is 82.4 Å². The lowest BCUT2D eigenvalue weighted by atomic mass is 10.2. The number of H-pyrrole nitrogens is 1. The Morgan fingerprint density at radius 1 is 1.18 bits per heavy atom. The predicted molar refractivity (Wildman–Crippen MR) is 113 cm³/mol. The van der Waals surface area contributed by atoms with Crippen LogP contribution in [0.1, 0.15) is 5.82 Å². The first-order valence-corrected chi connectivity index (χ1v) is 9.93. The van der Waals surface area contributed by atoms with Gasteiger partial charge in [0, 0.05) is 17.1 Å². The Labute approximate surface area is 170 Å². The van der Waals surface area contributed by atoms with Crippen LogP contribution in [0.25, 0.3) is 22.3 Å². The van der Waals surface area contributed by atoms with Gasteiger partial charge in [0.25, 0.3) is 5.56 Å². The molecule has 0 radical (unpaired) electrons. The van der Waals surface area contributed by atoms with Crippen LogP contribution in [0.15, 0.2) is 71.1 Å². The molecule has 1 N–H and O–H groups in total. The molecule has 0 atom stereocenters. The number of halogens is 1. The first-order chi connectivity index (χ1) is 13.7. The van der Waals surface area contributed by atoms with Gasteiger partial charge in [-0.15, -0.1) is 16.8 Å². The number of nitrogens with one attached hydrogen (secondary N) is 1. The van der Waals surface area contributed by atoms with Gasteiger partial charge in [-0.2, -0.15) is 0 Å². The van der Waals surface area contributed by atoms with Gasteiger partial charge in [0.1, 0.15) is 5.82 Å². The van der Waals surface area contributed by atoms with Crippen LogP contribution in [0.2, 0.25) is 5.02 Å². The van der Waals surface area contributed by atoms with E-state index in [4.69, 9.17) is 11.6 Å². The molecular weight excluding hydrogens is 394 g/mol. The van der Waals surface area contributed by atoms with Gasteiger partial charge in [0.2, 0.25) is 0 Å². The molecule has 28 heavy (non-hydrogen) atoms. The lowest BCUT2D eigenvalue weighted by Gasteiger charge is -2.08. The summed E-state index contributed by atoms with van der Waals surface area (Å²) in [6, 6.07) is 14.9. The third-order valence-electron chi connectivity index (χ3n) is 4.12. The van der Waals surface area contributed by atoms with Gasteiger partial charge in [-0.3, -0.25) is 9.36 Å². The number of hydrogen-bond acceptors (Lipinski definition) is 5. The highest BCUT2D eigenvalue weighted by molar-refractivity contribution is 7.98. The molecule has 0 aliphatic heterocycles. The second-order valence-corrected chi connectivity index (χ2v) is 7.41. The van der Waals surface area contributed by atoms with E-state index in [1.165, 1.54) is 11.8 Å². The summed E-state index contributed by atoms with van der Waals surface area (Å²) in [6.45, 7) is 4.41. The Balaban J connectivity index is 1.63. The number of thioether (sulfide) groups is 1. The minimum atomic E-state index is -0.185. The molecule has 0 saturated heterocycles. The van der Waals surface area contributed by atoms with Crippen LogP contribution in [0.3, 0.4) is 0 Å². The maximum absolute atomic E-state index is 12.3. The molecule has 2 heterocycles. The summed E-state index contributed by atoms with van der Waals surface area (Å²) in [6.07, 6.45) is 1.80. The molecule has 140 valence electrons. The van der Waals surface area contributed by atoms with E-state index in [2.05, 4.69) is 26.7 Å². The van der Waals surface area contributed by atoms with Gasteiger partial charge in [-0.1, -0.05) is 59.8 Å². The van der Waals surface area contributed by atoms with E-state index in [0.717, 1.165) is 16.5 Å². The molecule has 4 rings (SSSR count). The van der Waals surface area contributed by atoms with Crippen molar-refractivity contribution in [2.75, 3.05) is 0 Å². The Hall–Kier alpha value is -2.90. The fraction of sp³-hybridized carbons (Fsp3) is 0.100. The fourth-order valence-electron chi connectivity index (χ4n) is 2.85. The molecule has 2 aromatic carbocycles. The van der Waals surface area contributed by atoms with E-state index < -0.39 is 0 Å². The third kappa shape index (κ3) is 3.72. The zero-order valence-corrected chi connectivity index (χ0v) is 16.4. The van der Waals surface area contributed by atoms with Gasteiger partial charge in [0.05, 0.1) is 16.7 Å². The number of fused-ring (bicyclic) bond motifs is 1. The topological polar surface area (TPSA) is 76.5 Å². The van der Waals surface area contributed by atoms with Crippen LogP contribution in [0.4, 0.5) is 0 Å². The van der Waals surface area contributed by atoms with Crippen molar-refractivity contribution in [3.8, 4) is 11.4 Å². The monoisotopic (exact) mass is 409 g/mol. The molecule has 8 heteroatoms. The minimum absolute atomic E-state index is 0.185. The molecule has 0 fully saturated rings. The highest BCUT2D eigenvalue weighted by Gasteiger charge is 2.14. The molecule has 2 aromatic heterocycles. The van der Waals surface area contributed by atoms with E-state index in [9.17, 15) is 4.79 Å². The normalized spacial score (nSPS) is 11.0. The summed E-state index contributed by atoms with van der Waals surface area (Å²) in [4.78, 5) is 19.6. The van der Waals surface area contributed by atoms with Crippen molar-refractivity contribution in [2.45, 2.75) is 17.5 Å². The zero-order valence-electron chi connectivity index (χ0n) is 14.8. The largest absolute Gasteiger partial charge is 0.309 e. The van der Waals surface area contributed by atoms with Gasteiger partial charge < -0.3 is 4.98 Å². The lowest BCUT2D eigenvalue weighted by Crippen LogP contribution is -2.11. The van der Waals surface area contributed by atoms with Crippen molar-refractivity contribution in [1.29, 1.82) is 0 Å². The molecular formula is C20H16ClN5OS. The number of aromatic nitrogens is 5. The Morgan fingerprint density at radius 3 is 2.79 bits per heavy atom. The number of allylic oxidation sites excluding steroid dienone is 1. The van der Waals surface area contributed by atoms with E-state index in [-0.39, 0.29) is 5.56 Å². The summed E-state index contributed by atoms with van der Waals surface area (Å²) in [5.74, 6) is 1.77. The summed E-state index contributed by atoms with van der Waals surface area (Å²) in [7, 11) is 0. The average molecular weight is 410 g/mol. The van der Waals surface area contributed by atoms with Gasteiger partial charge in [-0.05, 0) is 18.2 Å². The summed E-state index contributed by atoms with van der Waals surface area (Å²) >= 11 is 7.48. The van der Waals surface area contributed by atoms with Crippen LogP contribution in [-0.4, -0.2) is 24.7 Å². The first-order valence-electron chi connectivity index (χ1n) is 8.56. The van der Waals surface area contributed by atoms with Crippen molar-refractivity contribution in [1.82, 2.24) is 24.7 Å². The van der Waals surface area contributed by atoms with E-state index >= 15 is 0 Å². The second kappa shape index (κ2) is 8.00. The number of nitrogens with zero attached hydrogens (tertiary/aromatic N) is 4. The minimum Gasteiger partial charge on any atom is -0.309 e. The Kier molecular flexibility index (Phi) is 5.27. The summed E-state index contributed by atoms with van der Waals surface area (Å²) < 4.78 is 1.99. The number of aromatic amines is 1. The third-order valence-corrected chi connectivity index (χ3v) is 5.33. The van der Waals surface area contributed by atoms with Crippen LogP contribution in [0.5, 0.6) is 0 Å². The molecule has 0 bridgehead atoms. The van der Waals surface area contributed by atoms with Crippen molar-refractivity contribution in [3.63, 3.8) is 0 Å². The first kappa shape index (κ1) is 18.5. The van der Waals surface area contributed by atoms with Crippen molar-refractivity contribution >= 4 is 34.3 Å². The van der Waals surface area contributed by atoms with Crippen LogP contribution < -0.4 is 5.56 Å². The molecule has 0 aliphatic rings. The Bertz CT molecular complexity index is 1200. The molecule has 0 saturated carbocycles. The fourth-order valence-corrected chi connectivity index (χ4v) is 3.84. The molecule has 6 nitrogen and oxygen atoms in total. The molecule has 0 spiro atoms. The van der Waals surface area contributed by atoms with Crippen LogP contribution >= 0.6 is 23.4 Å².